The van der Waals surface area contributed by atoms with E-state index in [4.69, 9.17) is 13.9 Å². The SMILES string of the molecule is COC(=O)c1ccccc1OCc1cc(=O)oc2cc(C)c(C)cc12. The van der Waals surface area contributed by atoms with Gasteiger partial charge in [-0.3, -0.25) is 0 Å². The first-order valence-electron chi connectivity index (χ1n) is 7.83. The molecule has 0 bridgehead atoms. The summed E-state index contributed by atoms with van der Waals surface area (Å²) < 4.78 is 15.8. The molecule has 0 spiro atoms. The second-order valence-electron chi connectivity index (χ2n) is 5.80. The van der Waals surface area contributed by atoms with E-state index in [0.29, 0.717) is 22.5 Å². The quantitative estimate of drug-likeness (QED) is 0.535. The number of hydrogen-bond acceptors (Lipinski definition) is 5. The van der Waals surface area contributed by atoms with Gasteiger partial charge in [0, 0.05) is 17.0 Å². The van der Waals surface area contributed by atoms with Gasteiger partial charge in [-0.2, -0.15) is 0 Å². The monoisotopic (exact) mass is 338 g/mol. The van der Waals surface area contributed by atoms with Crippen LogP contribution in [-0.4, -0.2) is 13.1 Å². The number of ether oxygens (including phenoxy) is 2. The van der Waals surface area contributed by atoms with Gasteiger partial charge >= 0.3 is 11.6 Å². The normalized spacial score (nSPS) is 10.7. The summed E-state index contributed by atoms with van der Waals surface area (Å²) in [6.07, 6.45) is 0. The van der Waals surface area contributed by atoms with Gasteiger partial charge < -0.3 is 13.9 Å². The molecule has 0 aliphatic carbocycles. The van der Waals surface area contributed by atoms with Crippen LogP contribution in [0.1, 0.15) is 27.0 Å². The highest BCUT2D eigenvalue weighted by Gasteiger charge is 2.14. The molecule has 0 fully saturated rings. The third kappa shape index (κ3) is 3.40. The number of para-hydroxylation sites is 1. The second-order valence-corrected chi connectivity index (χ2v) is 5.80. The zero-order valence-electron chi connectivity index (χ0n) is 14.3. The van der Waals surface area contributed by atoms with Crippen LogP contribution in [0.25, 0.3) is 11.0 Å². The molecule has 0 aliphatic heterocycles. The lowest BCUT2D eigenvalue weighted by Crippen LogP contribution is -2.08. The van der Waals surface area contributed by atoms with Gasteiger partial charge in [-0.25, -0.2) is 9.59 Å². The van der Waals surface area contributed by atoms with Crippen LogP contribution in [-0.2, 0) is 11.3 Å². The van der Waals surface area contributed by atoms with Crippen LogP contribution < -0.4 is 10.4 Å². The molecule has 5 heteroatoms. The topological polar surface area (TPSA) is 65.7 Å². The van der Waals surface area contributed by atoms with Crippen molar-refractivity contribution in [1.82, 2.24) is 0 Å². The zero-order chi connectivity index (χ0) is 18.0. The summed E-state index contributed by atoms with van der Waals surface area (Å²) in [4.78, 5) is 23.7. The number of benzene rings is 2. The van der Waals surface area contributed by atoms with E-state index in [2.05, 4.69) is 0 Å². The van der Waals surface area contributed by atoms with E-state index >= 15 is 0 Å². The summed E-state index contributed by atoms with van der Waals surface area (Å²) in [5.74, 6) is -0.0703. The van der Waals surface area contributed by atoms with Crippen molar-refractivity contribution in [3.05, 3.63) is 75.1 Å². The molecule has 25 heavy (non-hydrogen) atoms. The van der Waals surface area contributed by atoms with Gasteiger partial charge in [-0.15, -0.1) is 0 Å². The average molecular weight is 338 g/mol. The molecule has 1 heterocycles. The molecule has 5 nitrogen and oxygen atoms in total. The Kier molecular flexibility index (Phi) is 4.57. The summed E-state index contributed by atoms with van der Waals surface area (Å²) in [6, 6.07) is 12.1. The van der Waals surface area contributed by atoms with Crippen molar-refractivity contribution in [2.75, 3.05) is 7.11 Å². The van der Waals surface area contributed by atoms with Crippen LogP contribution in [0.4, 0.5) is 0 Å². The van der Waals surface area contributed by atoms with Crippen LogP contribution in [0.5, 0.6) is 5.75 Å². The zero-order valence-corrected chi connectivity index (χ0v) is 14.3. The van der Waals surface area contributed by atoms with Gasteiger partial charge in [0.05, 0.1) is 7.11 Å². The van der Waals surface area contributed by atoms with Gasteiger partial charge in [0.2, 0.25) is 0 Å². The number of methoxy groups -OCH3 is 1. The van der Waals surface area contributed by atoms with Gasteiger partial charge in [-0.05, 0) is 49.2 Å². The molecule has 0 saturated heterocycles. The lowest BCUT2D eigenvalue weighted by atomic mass is 10.0. The Morgan fingerprint density at radius 3 is 2.56 bits per heavy atom. The molecule has 0 unspecified atom stereocenters. The Morgan fingerprint density at radius 1 is 1.08 bits per heavy atom. The standard InChI is InChI=1S/C20H18O5/c1-12-8-16-14(10-19(21)25-18(16)9-13(12)2)11-24-17-7-5-4-6-15(17)20(22)23-3/h4-10H,11H2,1-3H3. The van der Waals surface area contributed by atoms with Gasteiger partial charge in [0.1, 0.15) is 23.5 Å². The molecule has 0 N–H and O–H groups in total. The number of esters is 1. The maximum atomic E-state index is 11.8. The van der Waals surface area contributed by atoms with Gasteiger partial charge in [-0.1, -0.05) is 12.1 Å². The Labute approximate surface area is 144 Å². The highest BCUT2D eigenvalue weighted by Crippen LogP contribution is 2.24. The Morgan fingerprint density at radius 2 is 1.80 bits per heavy atom. The van der Waals surface area contributed by atoms with E-state index in [1.165, 1.54) is 13.2 Å². The summed E-state index contributed by atoms with van der Waals surface area (Å²) in [7, 11) is 1.32. The summed E-state index contributed by atoms with van der Waals surface area (Å²) in [5.41, 5.74) is 3.27. The molecule has 0 aliphatic rings. The van der Waals surface area contributed by atoms with Crippen molar-refractivity contribution in [2.45, 2.75) is 20.5 Å². The van der Waals surface area contributed by atoms with Crippen molar-refractivity contribution >= 4 is 16.9 Å². The predicted octanol–water partition coefficient (Wildman–Crippen LogP) is 3.78. The fourth-order valence-electron chi connectivity index (χ4n) is 2.63. The Hall–Kier alpha value is -3.08. The summed E-state index contributed by atoms with van der Waals surface area (Å²) in [6.45, 7) is 4.10. The van der Waals surface area contributed by atoms with Crippen molar-refractivity contribution < 1.29 is 18.7 Å². The average Bonchev–Trinajstić information content (AvgIpc) is 2.60. The van der Waals surface area contributed by atoms with Crippen LogP contribution in [0, 0.1) is 13.8 Å². The van der Waals surface area contributed by atoms with E-state index in [1.54, 1.807) is 24.3 Å². The predicted molar refractivity (Wildman–Crippen MR) is 94.1 cm³/mol. The number of carbonyl (C=O) groups is 1. The fourth-order valence-corrected chi connectivity index (χ4v) is 2.63. The molecule has 0 amide bonds. The largest absolute Gasteiger partial charge is 0.488 e. The number of fused-ring (bicyclic) bond motifs is 1. The Bertz CT molecular complexity index is 1000. The highest BCUT2D eigenvalue weighted by molar-refractivity contribution is 5.92. The van der Waals surface area contributed by atoms with E-state index in [0.717, 1.165) is 16.5 Å². The van der Waals surface area contributed by atoms with Gasteiger partial charge in [0.25, 0.3) is 0 Å². The molecule has 1 aromatic heterocycles. The minimum Gasteiger partial charge on any atom is -0.488 e. The lowest BCUT2D eigenvalue weighted by molar-refractivity contribution is 0.0595. The Balaban J connectivity index is 1.98. The molecular formula is C20H18O5. The molecule has 128 valence electrons. The van der Waals surface area contributed by atoms with Crippen LogP contribution >= 0.6 is 0 Å². The number of aryl methyl sites for hydroxylation is 2. The molecule has 3 rings (SSSR count). The molecule has 2 aromatic carbocycles. The van der Waals surface area contributed by atoms with Crippen LogP contribution in [0.15, 0.2) is 51.7 Å². The third-order valence-corrected chi connectivity index (χ3v) is 4.12. The van der Waals surface area contributed by atoms with E-state index < -0.39 is 11.6 Å². The van der Waals surface area contributed by atoms with E-state index in [9.17, 15) is 9.59 Å². The lowest BCUT2D eigenvalue weighted by Gasteiger charge is -2.12. The smallest absolute Gasteiger partial charge is 0.341 e. The fraction of sp³-hybridized carbons (Fsp3) is 0.200. The van der Waals surface area contributed by atoms with Crippen molar-refractivity contribution in [1.29, 1.82) is 0 Å². The summed E-state index contributed by atoms with van der Waals surface area (Å²) in [5, 5.41) is 0.818. The first-order chi connectivity index (χ1) is 12.0. The van der Waals surface area contributed by atoms with E-state index in [1.807, 2.05) is 26.0 Å². The van der Waals surface area contributed by atoms with Crippen molar-refractivity contribution in [3.63, 3.8) is 0 Å². The minimum absolute atomic E-state index is 0.138. The maximum Gasteiger partial charge on any atom is 0.341 e. The first-order valence-corrected chi connectivity index (χ1v) is 7.83. The first kappa shape index (κ1) is 16.8. The van der Waals surface area contributed by atoms with Crippen molar-refractivity contribution in [2.24, 2.45) is 0 Å². The molecule has 0 radical (unpaired) electrons. The van der Waals surface area contributed by atoms with Crippen LogP contribution in [0.3, 0.4) is 0 Å². The van der Waals surface area contributed by atoms with Crippen LogP contribution in [0.2, 0.25) is 0 Å². The number of carbonyl (C=O) groups excluding carboxylic acids is 1. The number of hydrogen-bond donors (Lipinski definition) is 0. The highest BCUT2D eigenvalue weighted by atomic mass is 16.5. The molecular weight excluding hydrogens is 320 g/mol. The van der Waals surface area contributed by atoms with Gasteiger partial charge in [0.15, 0.2) is 0 Å². The third-order valence-electron chi connectivity index (χ3n) is 4.12. The number of rotatable bonds is 4. The minimum atomic E-state index is -0.473. The molecule has 0 atom stereocenters. The summed E-state index contributed by atoms with van der Waals surface area (Å²) >= 11 is 0. The van der Waals surface area contributed by atoms with E-state index in [-0.39, 0.29) is 6.61 Å². The second kappa shape index (κ2) is 6.81. The molecule has 3 aromatic rings. The molecule has 0 saturated carbocycles. The van der Waals surface area contributed by atoms with Crippen molar-refractivity contribution in [3.8, 4) is 5.75 Å². The maximum absolute atomic E-state index is 11.8.